The van der Waals surface area contributed by atoms with Gasteiger partial charge in [-0.05, 0) is 0 Å². The molecule has 2 N–H and O–H groups in total. The van der Waals surface area contributed by atoms with Crippen molar-refractivity contribution in [2.75, 3.05) is 0 Å². The lowest BCUT2D eigenvalue weighted by Crippen LogP contribution is -2.20. The first-order valence-electron chi connectivity index (χ1n) is 4.43. The fourth-order valence-electron chi connectivity index (χ4n) is 1.27. The van der Waals surface area contributed by atoms with Gasteiger partial charge in [-0.1, -0.05) is 0 Å². The van der Waals surface area contributed by atoms with Crippen molar-refractivity contribution in [1.29, 1.82) is 0 Å². The maximum Gasteiger partial charge on any atom is 0.425 e. The van der Waals surface area contributed by atoms with Crippen molar-refractivity contribution in [3.8, 4) is 0 Å². The first-order chi connectivity index (χ1) is 8.85. The average molecular weight is 321 g/mol. The summed E-state index contributed by atoms with van der Waals surface area (Å²) in [4.78, 5) is 11.4. The van der Waals surface area contributed by atoms with Gasteiger partial charge in [0.05, 0.1) is 11.0 Å². The van der Waals surface area contributed by atoms with Crippen molar-refractivity contribution in [3.05, 3.63) is 27.4 Å². The Morgan fingerprint density at radius 3 is 2.15 bits per heavy atom. The predicted molar refractivity (Wildman–Crippen MR) is 52.2 cm³/mol. The van der Waals surface area contributed by atoms with E-state index in [0.717, 1.165) is 0 Å². The molecular weight excluding hydrogens is 317 g/mol. The molecule has 112 valence electrons. The number of sulfonamides is 1. The summed E-state index contributed by atoms with van der Waals surface area (Å²) in [6, 6.07) is -0.121. The summed E-state index contributed by atoms with van der Waals surface area (Å²) in [5.41, 5.74) is -6.26. The van der Waals surface area contributed by atoms with E-state index in [-0.39, 0.29) is 6.07 Å². The molecule has 0 aliphatic rings. The third-order valence-corrected chi connectivity index (χ3v) is 2.77. The largest absolute Gasteiger partial charge is 0.425 e. The molecule has 0 amide bonds. The maximum atomic E-state index is 12.6. The number of halogens is 5. The average Bonchev–Trinajstić information content (AvgIpc) is 2.24. The molecule has 1 rings (SSSR count). The molecule has 0 aliphatic carbocycles. The Bertz CT molecular complexity index is 657. The van der Waals surface area contributed by atoms with Gasteiger partial charge in [0.15, 0.2) is 10.6 Å². The minimum Gasteiger partial charge on any atom is -0.258 e. The van der Waals surface area contributed by atoms with Crippen LogP contribution in [-0.4, -0.2) is 18.3 Å². The summed E-state index contributed by atoms with van der Waals surface area (Å²) in [7, 11) is -4.79. The van der Waals surface area contributed by atoms with Crippen molar-refractivity contribution in [2.45, 2.75) is 17.6 Å². The number of hydrogen-bond donors (Lipinski definition) is 1. The monoisotopic (exact) mass is 321 g/mol. The third kappa shape index (κ3) is 3.16. The van der Waals surface area contributed by atoms with Crippen LogP contribution in [0.3, 0.4) is 0 Å². The lowest BCUT2D eigenvalue weighted by molar-refractivity contribution is -0.388. The fourth-order valence-corrected chi connectivity index (χ4v) is 1.77. The van der Waals surface area contributed by atoms with Gasteiger partial charge < -0.3 is 0 Å². The smallest absolute Gasteiger partial charge is 0.258 e. The van der Waals surface area contributed by atoms with Crippen LogP contribution in [-0.2, 0) is 16.2 Å². The Morgan fingerprint density at radius 1 is 1.35 bits per heavy atom. The van der Waals surface area contributed by atoms with E-state index in [1.54, 1.807) is 0 Å². The van der Waals surface area contributed by atoms with Crippen molar-refractivity contribution in [3.63, 3.8) is 0 Å². The number of aromatic nitrogens is 1. The highest BCUT2D eigenvalue weighted by molar-refractivity contribution is 7.89. The van der Waals surface area contributed by atoms with Gasteiger partial charge in [0.1, 0.15) is 5.69 Å². The minimum absolute atomic E-state index is 0.121. The molecule has 1 aromatic heterocycles. The van der Waals surface area contributed by atoms with E-state index in [9.17, 15) is 40.5 Å². The van der Waals surface area contributed by atoms with Crippen LogP contribution in [0, 0.1) is 10.1 Å². The van der Waals surface area contributed by atoms with Gasteiger partial charge >= 0.3 is 6.18 Å². The van der Waals surface area contributed by atoms with Crippen molar-refractivity contribution in [2.24, 2.45) is 5.14 Å². The Hall–Kier alpha value is -1.89. The van der Waals surface area contributed by atoms with Crippen LogP contribution < -0.4 is 5.14 Å². The van der Waals surface area contributed by atoms with Crippen molar-refractivity contribution >= 4 is 15.7 Å². The fraction of sp³-hybridized carbons (Fsp3) is 0.286. The zero-order valence-corrected chi connectivity index (χ0v) is 9.87. The quantitative estimate of drug-likeness (QED) is 0.515. The summed E-state index contributed by atoms with van der Waals surface area (Å²) in [5.74, 6) is 0. The number of alkyl halides is 5. The van der Waals surface area contributed by atoms with Gasteiger partial charge in [-0.3, -0.25) is 10.1 Å². The maximum absolute atomic E-state index is 12.6. The third-order valence-electron chi connectivity index (χ3n) is 1.98. The Labute approximate surface area is 107 Å². The summed E-state index contributed by atoms with van der Waals surface area (Å²) < 4.78 is 84.7. The summed E-state index contributed by atoms with van der Waals surface area (Å²) in [5, 5.41) is 13.6. The van der Waals surface area contributed by atoms with E-state index in [2.05, 4.69) is 10.1 Å². The van der Waals surface area contributed by atoms with E-state index >= 15 is 0 Å². The van der Waals surface area contributed by atoms with E-state index in [1.807, 2.05) is 0 Å². The molecule has 0 radical (unpaired) electrons. The van der Waals surface area contributed by atoms with Gasteiger partial charge in [0.2, 0.25) is 0 Å². The number of pyridine rings is 1. The first-order valence-corrected chi connectivity index (χ1v) is 5.97. The molecule has 20 heavy (non-hydrogen) atoms. The highest BCUT2D eigenvalue weighted by atomic mass is 32.2. The highest BCUT2D eigenvalue weighted by Crippen LogP contribution is 2.41. The molecule has 0 unspecified atom stereocenters. The van der Waals surface area contributed by atoms with Gasteiger partial charge in [0.25, 0.3) is 22.1 Å². The molecule has 0 aromatic carbocycles. The normalized spacial score (nSPS) is 12.8. The molecule has 1 aromatic rings. The Morgan fingerprint density at radius 2 is 1.85 bits per heavy atom. The topological polar surface area (TPSA) is 116 Å². The molecule has 0 saturated carbocycles. The van der Waals surface area contributed by atoms with Crippen LogP contribution in [0.4, 0.5) is 27.6 Å². The molecule has 0 bridgehead atoms. The van der Waals surface area contributed by atoms with Gasteiger partial charge in [-0.2, -0.15) is 13.2 Å². The first kappa shape index (κ1) is 16.2. The van der Waals surface area contributed by atoms with Crippen LogP contribution in [0.2, 0.25) is 0 Å². The molecule has 0 saturated heterocycles. The second-order valence-electron chi connectivity index (χ2n) is 3.34. The summed E-state index contributed by atoms with van der Waals surface area (Å²) >= 11 is 0. The lowest BCUT2D eigenvalue weighted by atomic mass is 10.1. The number of nitrogens with two attached hydrogens (primary N) is 1. The van der Waals surface area contributed by atoms with Gasteiger partial charge in [0, 0.05) is 0 Å². The summed E-state index contributed by atoms with van der Waals surface area (Å²) in [6.45, 7) is 0. The molecule has 13 heteroatoms. The number of primary sulfonamides is 1. The second-order valence-corrected chi connectivity index (χ2v) is 4.85. The number of nitro groups is 1. The highest BCUT2D eigenvalue weighted by Gasteiger charge is 2.45. The van der Waals surface area contributed by atoms with Crippen LogP contribution in [0.5, 0.6) is 0 Å². The van der Waals surface area contributed by atoms with Crippen LogP contribution in [0.15, 0.2) is 11.1 Å². The summed E-state index contributed by atoms with van der Waals surface area (Å²) in [6.07, 6.45) is -9.40. The Balaban J connectivity index is 3.88. The second kappa shape index (κ2) is 4.90. The molecule has 0 fully saturated rings. The van der Waals surface area contributed by atoms with E-state index in [1.165, 1.54) is 0 Å². The SMILES string of the molecule is NS(=O)(=O)c1cc([N+](=O)[O-])c(C(F)(F)F)c(C(F)F)n1. The molecule has 0 atom stereocenters. The van der Waals surface area contributed by atoms with E-state index < -0.39 is 49.5 Å². The molecule has 7 nitrogen and oxygen atoms in total. The number of hydrogen-bond acceptors (Lipinski definition) is 5. The van der Waals surface area contributed by atoms with Crippen LogP contribution in [0.1, 0.15) is 17.7 Å². The minimum atomic E-state index is -5.52. The van der Waals surface area contributed by atoms with Crippen LogP contribution >= 0.6 is 0 Å². The number of nitrogens with zero attached hydrogens (tertiary/aromatic N) is 2. The standard InChI is InChI=1S/C7H4F5N3O4S/c8-6(9)5-4(7(10,11)12)2(15(16)17)1-3(14-5)20(13,18)19/h1,6H,(H2,13,18,19). The molecule has 1 heterocycles. The number of rotatable bonds is 3. The molecule has 0 aliphatic heterocycles. The molecule has 0 spiro atoms. The zero-order valence-electron chi connectivity index (χ0n) is 9.06. The zero-order chi connectivity index (χ0) is 15.9. The van der Waals surface area contributed by atoms with Crippen LogP contribution in [0.25, 0.3) is 0 Å². The predicted octanol–water partition coefficient (Wildman–Crippen LogP) is 1.59. The van der Waals surface area contributed by atoms with Gasteiger partial charge in [-0.25, -0.2) is 27.3 Å². The van der Waals surface area contributed by atoms with Gasteiger partial charge in [-0.15, -0.1) is 0 Å². The lowest BCUT2D eigenvalue weighted by Gasteiger charge is -2.12. The van der Waals surface area contributed by atoms with E-state index in [0.29, 0.717) is 0 Å². The molecular formula is C7H4F5N3O4S. The van der Waals surface area contributed by atoms with E-state index in [4.69, 9.17) is 0 Å². The van der Waals surface area contributed by atoms with Crippen molar-refractivity contribution in [1.82, 2.24) is 4.98 Å². The van der Waals surface area contributed by atoms with Crippen molar-refractivity contribution < 1.29 is 35.3 Å². The Kier molecular flexibility index (Phi) is 3.96.